The van der Waals surface area contributed by atoms with Crippen LogP contribution < -0.4 is 10.9 Å². The van der Waals surface area contributed by atoms with Gasteiger partial charge in [0.2, 0.25) is 0 Å². The van der Waals surface area contributed by atoms with Gasteiger partial charge in [-0.3, -0.25) is 20.4 Å². The number of halogens is 1. The van der Waals surface area contributed by atoms with Gasteiger partial charge in [0.05, 0.1) is 11.8 Å². The molecule has 1 atom stereocenters. The third-order valence-electron chi connectivity index (χ3n) is 4.93. The second kappa shape index (κ2) is 9.30. The quantitative estimate of drug-likeness (QED) is 0.436. The molecule has 1 heterocycles. The summed E-state index contributed by atoms with van der Waals surface area (Å²) in [5.41, 5.74) is 6.15. The van der Waals surface area contributed by atoms with E-state index >= 15 is 0 Å². The lowest BCUT2D eigenvalue weighted by molar-refractivity contribution is -0.121. The van der Waals surface area contributed by atoms with Crippen LogP contribution in [0.4, 0.5) is 4.39 Å². The van der Waals surface area contributed by atoms with Crippen molar-refractivity contribution >= 4 is 23.6 Å². The fraction of sp³-hybridized carbons (Fsp3) is 0.273. The summed E-state index contributed by atoms with van der Waals surface area (Å²) < 4.78 is 15.1. The number of hydrazine groups is 1. The SMILES string of the molecule is C[C@@H](Sc1nnc(C2CC2)n1Cc1ccccc1)C(=O)NNC(=O)c1ccc(F)cc1. The van der Waals surface area contributed by atoms with Crippen molar-refractivity contribution in [3.8, 4) is 0 Å². The Morgan fingerprint density at radius 3 is 2.48 bits per heavy atom. The van der Waals surface area contributed by atoms with Crippen LogP contribution in [0.2, 0.25) is 0 Å². The highest BCUT2D eigenvalue weighted by Crippen LogP contribution is 2.40. The van der Waals surface area contributed by atoms with Crippen LogP contribution in [0.1, 0.15) is 47.4 Å². The van der Waals surface area contributed by atoms with Crippen LogP contribution in [0.5, 0.6) is 0 Å². The number of nitrogens with one attached hydrogen (secondary N) is 2. The molecule has 4 rings (SSSR count). The van der Waals surface area contributed by atoms with Crippen molar-refractivity contribution in [3.63, 3.8) is 0 Å². The van der Waals surface area contributed by atoms with E-state index in [1.807, 2.05) is 30.3 Å². The molecule has 2 amide bonds. The van der Waals surface area contributed by atoms with Crippen LogP contribution in [0, 0.1) is 5.82 Å². The number of nitrogens with zero attached hydrogens (tertiary/aromatic N) is 3. The van der Waals surface area contributed by atoms with Gasteiger partial charge in [-0.1, -0.05) is 42.1 Å². The molecule has 1 saturated carbocycles. The van der Waals surface area contributed by atoms with Crippen molar-refractivity contribution in [3.05, 3.63) is 77.4 Å². The number of hydrogen-bond acceptors (Lipinski definition) is 5. The molecule has 1 fully saturated rings. The third kappa shape index (κ3) is 5.29. The zero-order valence-corrected chi connectivity index (χ0v) is 17.7. The van der Waals surface area contributed by atoms with Crippen molar-refractivity contribution in [1.82, 2.24) is 25.6 Å². The fourth-order valence-corrected chi connectivity index (χ4v) is 3.91. The van der Waals surface area contributed by atoms with Gasteiger partial charge >= 0.3 is 0 Å². The van der Waals surface area contributed by atoms with Crippen LogP contribution in [-0.2, 0) is 11.3 Å². The summed E-state index contributed by atoms with van der Waals surface area (Å²) in [6, 6.07) is 15.1. The predicted molar refractivity (Wildman–Crippen MR) is 115 cm³/mol. The van der Waals surface area contributed by atoms with Crippen molar-refractivity contribution in [1.29, 1.82) is 0 Å². The molecule has 0 bridgehead atoms. The Kier molecular flexibility index (Phi) is 6.31. The molecule has 0 radical (unpaired) electrons. The Bertz CT molecular complexity index is 1070. The maximum atomic E-state index is 13.0. The van der Waals surface area contributed by atoms with Crippen molar-refractivity contribution in [2.75, 3.05) is 0 Å². The lowest BCUT2D eigenvalue weighted by Crippen LogP contribution is -2.45. The maximum Gasteiger partial charge on any atom is 0.269 e. The Hall–Kier alpha value is -3.20. The molecule has 31 heavy (non-hydrogen) atoms. The standard InChI is InChI=1S/C22H22FN5O2S/c1-14(20(29)25-26-21(30)17-9-11-18(23)12-10-17)31-22-27-24-19(16-7-8-16)28(22)13-15-5-3-2-4-6-15/h2-6,9-12,14,16H,7-8,13H2,1H3,(H,25,29)(H,26,30)/t14-/m1/s1. The number of carbonyl (C=O) groups is 2. The summed E-state index contributed by atoms with van der Waals surface area (Å²) in [7, 11) is 0. The minimum absolute atomic E-state index is 0.249. The van der Waals surface area contributed by atoms with Crippen LogP contribution in [0.3, 0.4) is 0 Å². The number of amides is 2. The summed E-state index contributed by atoms with van der Waals surface area (Å²) in [6.45, 7) is 2.38. The van der Waals surface area contributed by atoms with Gasteiger partial charge in [-0.25, -0.2) is 4.39 Å². The van der Waals surface area contributed by atoms with E-state index in [1.54, 1.807) is 6.92 Å². The summed E-state index contributed by atoms with van der Waals surface area (Å²) >= 11 is 1.29. The van der Waals surface area contributed by atoms with Gasteiger partial charge < -0.3 is 4.57 Å². The molecule has 2 N–H and O–H groups in total. The van der Waals surface area contributed by atoms with Crippen molar-refractivity contribution in [2.24, 2.45) is 0 Å². The summed E-state index contributed by atoms with van der Waals surface area (Å²) in [5, 5.41) is 8.84. The zero-order valence-electron chi connectivity index (χ0n) is 16.9. The van der Waals surface area contributed by atoms with E-state index in [0.717, 1.165) is 24.2 Å². The van der Waals surface area contributed by atoms with E-state index in [0.29, 0.717) is 17.6 Å². The Labute approximate surface area is 183 Å². The molecule has 0 saturated heterocycles. The molecule has 9 heteroatoms. The average molecular weight is 440 g/mol. The molecule has 0 unspecified atom stereocenters. The predicted octanol–water partition coefficient (Wildman–Crippen LogP) is 3.28. The number of thioether (sulfide) groups is 1. The lowest BCUT2D eigenvalue weighted by atomic mass is 10.2. The first-order valence-electron chi connectivity index (χ1n) is 10.0. The van der Waals surface area contributed by atoms with Crippen LogP contribution in [-0.4, -0.2) is 31.8 Å². The second-order valence-electron chi connectivity index (χ2n) is 7.40. The summed E-state index contributed by atoms with van der Waals surface area (Å²) in [4.78, 5) is 24.6. The topological polar surface area (TPSA) is 88.9 Å². The summed E-state index contributed by atoms with van der Waals surface area (Å²) in [6.07, 6.45) is 2.20. The first-order valence-corrected chi connectivity index (χ1v) is 10.9. The monoisotopic (exact) mass is 439 g/mol. The van der Waals surface area contributed by atoms with Gasteiger partial charge in [0.25, 0.3) is 11.8 Å². The Morgan fingerprint density at radius 1 is 1.10 bits per heavy atom. The molecule has 0 aliphatic heterocycles. The van der Waals surface area contributed by atoms with Crippen molar-refractivity contribution < 1.29 is 14.0 Å². The lowest BCUT2D eigenvalue weighted by Gasteiger charge is -2.14. The molecule has 0 spiro atoms. The van der Waals surface area contributed by atoms with E-state index in [1.165, 1.54) is 36.0 Å². The average Bonchev–Trinajstić information content (AvgIpc) is 3.55. The molecule has 7 nitrogen and oxygen atoms in total. The highest BCUT2D eigenvalue weighted by atomic mass is 32.2. The van der Waals surface area contributed by atoms with Crippen molar-refractivity contribution in [2.45, 2.75) is 42.6 Å². The number of rotatable bonds is 7. The smallest absolute Gasteiger partial charge is 0.269 e. The van der Waals surface area contributed by atoms with Gasteiger partial charge in [0.1, 0.15) is 11.6 Å². The largest absolute Gasteiger partial charge is 0.301 e. The van der Waals surface area contributed by atoms with Crippen LogP contribution in [0.15, 0.2) is 59.8 Å². The number of aromatic nitrogens is 3. The first kappa shape index (κ1) is 21.0. The van der Waals surface area contributed by atoms with Gasteiger partial charge in [-0.05, 0) is 49.6 Å². The van der Waals surface area contributed by atoms with E-state index in [4.69, 9.17) is 0 Å². The maximum absolute atomic E-state index is 13.0. The molecule has 3 aromatic rings. The number of benzene rings is 2. The summed E-state index contributed by atoms with van der Waals surface area (Å²) in [5.74, 6) is 0.0422. The number of hydrogen-bond donors (Lipinski definition) is 2. The van der Waals surface area contributed by atoms with Crippen LogP contribution >= 0.6 is 11.8 Å². The minimum atomic E-state index is -0.520. The van der Waals surface area contributed by atoms with E-state index < -0.39 is 17.0 Å². The van der Waals surface area contributed by atoms with E-state index in [2.05, 4.69) is 25.6 Å². The van der Waals surface area contributed by atoms with E-state index in [9.17, 15) is 14.0 Å². The Balaban J connectivity index is 1.39. The Morgan fingerprint density at radius 2 is 1.81 bits per heavy atom. The molecular weight excluding hydrogens is 417 g/mol. The van der Waals surface area contributed by atoms with Gasteiger partial charge in [0.15, 0.2) is 5.16 Å². The molecular formula is C22H22FN5O2S. The highest BCUT2D eigenvalue weighted by molar-refractivity contribution is 8.00. The van der Waals surface area contributed by atoms with Crippen LogP contribution in [0.25, 0.3) is 0 Å². The molecule has 160 valence electrons. The normalized spacial score (nSPS) is 14.1. The van der Waals surface area contributed by atoms with E-state index in [-0.39, 0.29) is 11.5 Å². The first-order chi connectivity index (χ1) is 15.0. The molecule has 2 aromatic carbocycles. The number of carbonyl (C=O) groups excluding carboxylic acids is 2. The third-order valence-corrected chi connectivity index (χ3v) is 6.01. The molecule has 1 aliphatic rings. The molecule has 1 aliphatic carbocycles. The van der Waals surface area contributed by atoms with Gasteiger partial charge in [0, 0.05) is 11.5 Å². The minimum Gasteiger partial charge on any atom is -0.301 e. The molecule has 1 aromatic heterocycles. The van der Waals surface area contributed by atoms with Gasteiger partial charge in [-0.15, -0.1) is 10.2 Å². The zero-order chi connectivity index (χ0) is 21.8. The highest BCUT2D eigenvalue weighted by Gasteiger charge is 2.31. The van der Waals surface area contributed by atoms with Gasteiger partial charge in [-0.2, -0.15) is 0 Å². The fourth-order valence-electron chi connectivity index (χ4n) is 3.05. The second-order valence-corrected chi connectivity index (χ2v) is 8.71.